The van der Waals surface area contributed by atoms with Crippen LogP contribution in [0.1, 0.15) is 44.7 Å². The molecule has 1 aromatic carbocycles. The van der Waals surface area contributed by atoms with E-state index >= 15 is 0 Å². The molecule has 0 aliphatic rings. The van der Waals surface area contributed by atoms with Crippen LogP contribution in [0.2, 0.25) is 0 Å². The van der Waals surface area contributed by atoms with E-state index in [9.17, 15) is 4.79 Å². The molecule has 1 rings (SSSR count). The van der Waals surface area contributed by atoms with Crippen LogP contribution >= 0.6 is 15.9 Å². The summed E-state index contributed by atoms with van der Waals surface area (Å²) in [7, 11) is 0. The molecule has 18 heavy (non-hydrogen) atoms. The van der Waals surface area contributed by atoms with Gasteiger partial charge in [0, 0.05) is 4.47 Å². The molecule has 0 bridgehead atoms. The quantitative estimate of drug-likeness (QED) is 0.847. The normalized spacial score (nSPS) is 14.0. The number of unbranched alkanes of at least 4 members (excludes halogenated alkanes) is 1. The van der Waals surface area contributed by atoms with Crippen molar-refractivity contribution < 1.29 is 4.79 Å². The van der Waals surface area contributed by atoms with Gasteiger partial charge in [0.2, 0.25) is 5.91 Å². The number of nitrogens with two attached hydrogens (primary N) is 1. The molecule has 0 heterocycles. The van der Waals surface area contributed by atoms with Crippen molar-refractivity contribution >= 4 is 21.8 Å². The average Bonchev–Trinajstić information content (AvgIpc) is 2.36. The Morgan fingerprint density at radius 2 is 2.00 bits per heavy atom. The third-order valence-electron chi connectivity index (χ3n) is 2.93. The smallest absolute Gasteiger partial charge is 0.237 e. The van der Waals surface area contributed by atoms with Crippen LogP contribution in [0.4, 0.5) is 0 Å². The summed E-state index contributed by atoms with van der Waals surface area (Å²) in [6.45, 7) is 4.06. The lowest BCUT2D eigenvalue weighted by Crippen LogP contribution is -2.41. The molecule has 3 N–H and O–H groups in total. The molecule has 0 radical (unpaired) electrons. The molecule has 1 unspecified atom stereocenters. The van der Waals surface area contributed by atoms with E-state index in [4.69, 9.17) is 5.73 Å². The number of carbonyl (C=O) groups is 1. The molecule has 2 atom stereocenters. The number of carbonyl (C=O) groups excluding carboxylic acids is 1. The van der Waals surface area contributed by atoms with Crippen LogP contribution in [0.25, 0.3) is 0 Å². The number of benzene rings is 1. The van der Waals surface area contributed by atoms with Gasteiger partial charge >= 0.3 is 0 Å². The van der Waals surface area contributed by atoms with Crippen molar-refractivity contribution in [2.75, 3.05) is 0 Å². The largest absolute Gasteiger partial charge is 0.348 e. The highest BCUT2D eigenvalue weighted by Crippen LogP contribution is 2.16. The van der Waals surface area contributed by atoms with Crippen molar-refractivity contribution in [1.29, 1.82) is 0 Å². The number of halogens is 1. The second-order valence-corrected chi connectivity index (χ2v) is 5.45. The van der Waals surface area contributed by atoms with Gasteiger partial charge in [-0.05, 0) is 31.0 Å². The van der Waals surface area contributed by atoms with Gasteiger partial charge in [0.05, 0.1) is 12.1 Å². The van der Waals surface area contributed by atoms with Gasteiger partial charge in [0.25, 0.3) is 0 Å². The molecule has 0 spiro atoms. The van der Waals surface area contributed by atoms with Crippen LogP contribution in [0.3, 0.4) is 0 Å². The van der Waals surface area contributed by atoms with E-state index in [0.717, 1.165) is 29.3 Å². The lowest BCUT2D eigenvalue weighted by molar-refractivity contribution is -0.123. The molecule has 100 valence electrons. The van der Waals surface area contributed by atoms with Gasteiger partial charge < -0.3 is 11.1 Å². The topological polar surface area (TPSA) is 55.1 Å². The summed E-state index contributed by atoms with van der Waals surface area (Å²) in [5.41, 5.74) is 6.91. The Morgan fingerprint density at radius 3 is 2.56 bits per heavy atom. The van der Waals surface area contributed by atoms with Gasteiger partial charge in [0.15, 0.2) is 0 Å². The summed E-state index contributed by atoms with van der Waals surface area (Å²) in [6, 6.07) is 7.50. The van der Waals surface area contributed by atoms with Crippen LogP contribution in [0, 0.1) is 0 Å². The summed E-state index contributed by atoms with van der Waals surface area (Å²) >= 11 is 3.39. The van der Waals surface area contributed by atoms with E-state index in [1.54, 1.807) is 0 Å². The van der Waals surface area contributed by atoms with Crippen molar-refractivity contribution in [3.05, 3.63) is 34.3 Å². The molecule has 1 aromatic rings. The molecule has 4 heteroatoms. The Morgan fingerprint density at radius 1 is 1.39 bits per heavy atom. The second kappa shape index (κ2) is 7.54. The Hall–Kier alpha value is -0.870. The Bertz CT molecular complexity index is 378. The number of nitrogens with one attached hydrogen (secondary N) is 1. The lowest BCUT2D eigenvalue weighted by atomic mass is 10.1. The van der Waals surface area contributed by atoms with E-state index < -0.39 is 6.04 Å². The SMILES string of the molecule is CCCC[C@H](N)C(=O)NC(C)c1ccc(Br)cc1. The summed E-state index contributed by atoms with van der Waals surface area (Å²) in [5, 5.41) is 2.95. The van der Waals surface area contributed by atoms with Crippen molar-refractivity contribution in [2.24, 2.45) is 5.73 Å². The number of hydrogen-bond donors (Lipinski definition) is 2. The third kappa shape index (κ3) is 4.78. The first-order valence-electron chi connectivity index (χ1n) is 6.36. The van der Waals surface area contributed by atoms with E-state index in [0.29, 0.717) is 0 Å². The summed E-state index contributed by atoms with van der Waals surface area (Å²) in [4.78, 5) is 11.9. The third-order valence-corrected chi connectivity index (χ3v) is 3.46. The molecule has 0 saturated heterocycles. The first-order chi connectivity index (χ1) is 8.54. The Labute approximate surface area is 117 Å². The standard InChI is InChI=1S/C14H21BrN2O/c1-3-4-5-13(16)14(18)17-10(2)11-6-8-12(15)9-7-11/h6-10,13H,3-5,16H2,1-2H3,(H,17,18)/t10?,13-/m0/s1. The van der Waals surface area contributed by atoms with Crippen LogP contribution in [-0.4, -0.2) is 11.9 Å². The first-order valence-corrected chi connectivity index (χ1v) is 7.15. The zero-order valence-electron chi connectivity index (χ0n) is 10.9. The molecule has 0 aliphatic heterocycles. The monoisotopic (exact) mass is 312 g/mol. The minimum Gasteiger partial charge on any atom is -0.348 e. The van der Waals surface area contributed by atoms with Gasteiger partial charge in [-0.25, -0.2) is 0 Å². The first kappa shape index (κ1) is 15.2. The predicted octanol–water partition coefficient (Wildman–Crippen LogP) is 3.14. The van der Waals surface area contributed by atoms with Crippen LogP contribution in [-0.2, 0) is 4.79 Å². The van der Waals surface area contributed by atoms with Gasteiger partial charge in [-0.2, -0.15) is 0 Å². The Balaban J connectivity index is 2.51. The summed E-state index contributed by atoms with van der Waals surface area (Å²) < 4.78 is 1.03. The lowest BCUT2D eigenvalue weighted by Gasteiger charge is -2.17. The predicted molar refractivity (Wildman–Crippen MR) is 78.2 cm³/mol. The molecule has 0 aromatic heterocycles. The minimum atomic E-state index is -0.400. The molecule has 0 saturated carbocycles. The van der Waals surface area contributed by atoms with Crippen molar-refractivity contribution in [1.82, 2.24) is 5.32 Å². The van der Waals surface area contributed by atoms with E-state index in [2.05, 4.69) is 28.2 Å². The maximum atomic E-state index is 11.9. The zero-order valence-corrected chi connectivity index (χ0v) is 12.5. The van der Waals surface area contributed by atoms with Gasteiger partial charge in [-0.1, -0.05) is 47.8 Å². The molecule has 3 nitrogen and oxygen atoms in total. The molecular weight excluding hydrogens is 292 g/mol. The molecular formula is C14H21BrN2O. The highest BCUT2D eigenvalue weighted by molar-refractivity contribution is 9.10. The zero-order chi connectivity index (χ0) is 13.5. The molecule has 0 aliphatic carbocycles. The van der Waals surface area contributed by atoms with E-state index in [-0.39, 0.29) is 11.9 Å². The fraction of sp³-hybridized carbons (Fsp3) is 0.500. The highest BCUT2D eigenvalue weighted by atomic mass is 79.9. The van der Waals surface area contributed by atoms with E-state index in [1.807, 2.05) is 31.2 Å². The second-order valence-electron chi connectivity index (χ2n) is 4.53. The fourth-order valence-electron chi connectivity index (χ4n) is 1.71. The van der Waals surface area contributed by atoms with Gasteiger partial charge in [0.1, 0.15) is 0 Å². The van der Waals surface area contributed by atoms with Gasteiger partial charge in [-0.15, -0.1) is 0 Å². The Kier molecular flexibility index (Phi) is 6.36. The summed E-state index contributed by atoms with van der Waals surface area (Å²) in [6.07, 6.45) is 2.79. The van der Waals surface area contributed by atoms with Crippen LogP contribution < -0.4 is 11.1 Å². The van der Waals surface area contributed by atoms with Crippen molar-refractivity contribution in [3.63, 3.8) is 0 Å². The molecule has 1 amide bonds. The van der Waals surface area contributed by atoms with Crippen LogP contribution in [0.15, 0.2) is 28.7 Å². The van der Waals surface area contributed by atoms with Crippen molar-refractivity contribution in [2.45, 2.75) is 45.2 Å². The maximum Gasteiger partial charge on any atom is 0.237 e. The highest BCUT2D eigenvalue weighted by Gasteiger charge is 2.15. The van der Waals surface area contributed by atoms with Crippen molar-refractivity contribution in [3.8, 4) is 0 Å². The van der Waals surface area contributed by atoms with Gasteiger partial charge in [-0.3, -0.25) is 4.79 Å². The fourth-order valence-corrected chi connectivity index (χ4v) is 1.97. The number of hydrogen-bond acceptors (Lipinski definition) is 2. The minimum absolute atomic E-state index is 0.0155. The van der Waals surface area contributed by atoms with Crippen LogP contribution in [0.5, 0.6) is 0 Å². The van der Waals surface area contributed by atoms with E-state index in [1.165, 1.54) is 0 Å². The number of rotatable bonds is 6. The maximum absolute atomic E-state index is 11.9. The molecule has 0 fully saturated rings. The average molecular weight is 313 g/mol. The number of amides is 1. The summed E-state index contributed by atoms with van der Waals surface area (Å²) in [5.74, 6) is -0.0705.